The minimum Gasteiger partial charge on any atom is -0.497 e. The van der Waals surface area contributed by atoms with Crippen LogP contribution in [0.4, 0.5) is 5.69 Å². The molecule has 146 valence electrons. The van der Waals surface area contributed by atoms with Crippen molar-refractivity contribution in [2.24, 2.45) is 0 Å². The Balaban J connectivity index is 1.61. The molecule has 0 amide bonds. The van der Waals surface area contributed by atoms with Crippen molar-refractivity contribution in [1.82, 2.24) is 4.98 Å². The third-order valence-electron chi connectivity index (χ3n) is 5.50. The molecule has 4 rings (SSSR count). The summed E-state index contributed by atoms with van der Waals surface area (Å²) in [5.41, 5.74) is 1.92. The van der Waals surface area contributed by atoms with Crippen molar-refractivity contribution in [1.29, 1.82) is 0 Å². The van der Waals surface area contributed by atoms with Gasteiger partial charge in [-0.25, -0.2) is 0 Å². The largest absolute Gasteiger partial charge is 0.497 e. The van der Waals surface area contributed by atoms with E-state index in [2.05, 4.69) is 9.88 Å². The first-order valence-corrected chi connectivity index (χ1v) is 9.65. The normalized spacial score (nSPS) is 16.2. The minimum atomic E-state index is -0.918. The van der Waals surface area contributed by atoms with Crippen LogP contribution in [-0.4, -0.2) is 37.4 Å². The van der Waals surface area contributed by atoms with Gasteiger partial charge in [-0.2, -0.15) is 0 Å². The maximum atomic E-state index is 11.3. The highest BCUT2D eigenvalue weighted by molar-refractivity contribution is 6.31. The standard InChI is InChI=1S/C22H23ClN2O3/c1-27-17-11-15(12-18(14-17)28-2)22(26)6-9-25(10-7-22)21-5-8-24-20-4-3-16(23)13-19(20)21/h3-5,8,11-14,26H,6-7,9-10H2,1-2H3. The van der Waals surface area contributed by atoms with E-state index in [4.69, 9.17) is 21.1 Å². The fourth-order valence-corrected chi connectivity index (χ4v) is 4.03. The first-order valence-electron chi connectivity index (χ1n) is 9.27. The number of nitrogens with zero attached hydrogens (tertiary/aromatic N) is 2. The molecule has 2 aromatic carbocycles. The van der Waals surface area contributed by atoms with Gasteiger partial charge in [0.1, 0.15) is 11.5 Å². The molecular formula is C22H23ClN2O3. The Bertz CT molecular complexity index is 978. The van der Waals surface area contributed by atoms with E-state index in [9.17, 15) is 5.11 Å². The number of benzene rings is 2. The lowest BCUT2D eigenvalue weighted by molar-refractivity contribution is 0.0114. The zero-order valence-electron chi connectivity index (χ0n) is 16.0. The summed E-state index contributed by atoms with van der Waals surface area (Å²) in [6.45, 7) is 1.45. The highest BCUT2D eigenvalue weighted by Gasteiger charge is 2.35. The van der Waals surface area contributed by atoms with Gasteiger partial charge in [0.2, 0.25) is 0 Å². The van der Waals surface area contributed by atoms with Crippen LogP contribution in [0.2, 0.25) is 5.02 Å². The van der Waals surface area contributed by atoms with Crippen LogP contribution in [0.3, 0.4) is 0 Å². The number of halogens is 1. The molecule has 1 fully saturated rings. The maximum Gasteiger partial charge on any atom is 0.122 e. The van der Waals surface area contributed by atoms with Gasteiger partial charge < -0.3 is 19.5 Å². The van der Waals surface area contributed by atoms with Crippen molar-refractivity contribution >= 4 is 28.2 Å². The first-order chi connectivity index (χ1) is 13.5. The SMILES string of the molecule is COc1cc(OC)cc(C2(O)CCN(c3ccnc4ccc(Cl)cc34)CC2)c1. The lowest BCUT2D eigenvalue weighted by Crippen LogP contribution is -2.42. The monoisotopic (exact) mass is 398 g/mol. The molecule has 0 atom stereocenters. The minimum absolute atomic E-state index is 0.605. The molecule has 1 N–H and O–H groups in total. The molecule has 0 bridgehead atoms. The highest BCUT2D eigenvalue weighted by Crippen LogP contribution is 2.39. The molecule has 0 radical (unpaired) electrons. The predicted octanol–water partition coefficient (Wildman–Crippen LogP) is 4.39. The van der Waals surface area contributed by atoms with E-state index in [0.29, 0.717) is 29.4 Å². The van der Waals surface area contributed by atoms with Crippen LogP contribution >= 0.6 is 11.6 Å². The lowest BCUT2D eigenvalue weighted by atomic mass is 9.84. The Morgan fingerprint density at radius 3 is 2.32 bits per heavy atom. The summed E-state index contributed by atoms with van der Waals surface area (Å²) < 4.78 is 10.7. The van der Waals surface area contributed by atoms with Crippen LogP contribution < -0.4 is 14.4 Å². The van der Waals surface area contributed by atoms with Crippen LogP contribution in [-0.2, 0) is 5.60 Å². The van der Waals surface area contributed by atoms with Gasteiger partial charge in [0.15, 0.2) is 0 Å². The number of aromatic nitrogens is 1. The van der Waals surface area contributed by atoms with Gasteiger partial charge in [-0.05, 0) is 54.8 Å². The van der Waals surface area contributed by atoms with Crippen molar-refractivity contribution in [2.75, 3.05) is 32.2 Å². The number of hydrogen-bond acceptors (Lipinski definition) is 5. The van der Waals surface area contributed by atoms with Gasteiger partial charge in [-0.1, -0.05) is 11.6 Å². The van der Waals surface area contributed by atoms with E-state index < -0.39 is 5.60 Å². The van der Waals surface area contributed by atoms with Gasteiger partial charge in [-0.3, -0.25) is 4.98 Å². The van der Waals surface area contributed by atoms with Crippen LogP contribution in [0, 0.1) is 0 Å². The number of piperidine rings is 1. The molecule has 1 aromatic heterocycles. The molecule has 1 aliphatic rings. The summed E-state index contributed by atoms with van der Waals surface area (Å²) in [7, 11) is 3.23. The number of rotatable bonds is 4. The van der Waals surface area contributed by atoms with Crippen molar-refractivity contribution < 1.29 is 14.6 Å². The van der Waals surface area contributed by atoms with Crippen LogP contribution in [0.15, 0.2) is 48.7 Å². The summed E-state index contributed by atoms with van der Waals surface area (Å²) in [5.74, 6) is 1.36. The molecule has 6 heteroatoms. The summed E-state index contributed by atoms with van der Waals surface area (Å²) in [4.78, 5) is 6.71. The second-order valence-electron chi connectivity index (χ2n) is 7.11. The molecule has 0 unspecified atom stereocenters. The Morgan fingerprint density at radius 2 is 1.68 bits per heavy atom. The molecule has 5 nitrogen and oxygen atoms in total. The number of ether oxygens (including phenoxy) is 2. The molecular weight excluding hydrogens is 376 g/mol. The van der Waals surface area contributed by atoms with Crippen molar-refractivity contribution in [2.45, 2.75) is 18.4 Å². The Kier molecular flexibility index (Phi) is 5.04. The molecule has 1 aliphatic heterocycles. The fraction of sp³-hybridized carbons (Fsp3) is 0.318. The molecule has 3 aromatic rings. The number of aliphatic hydroxyl groups is 1. The van der Waals surface area contributed by atoms with E-state index in [-0.39, 0.29) is 0 Å². The third-order valence-corrected chi connectivity index (χ3v) is 5.74. The summed E-state index contributed by atoms with van der Waals surface area (Å²) in [5, 5.41) is 13.1. The van der Waals surface area contributed by atoms with E-state index in [1.165, 1.54) is 0 Å². The van der Waals surface area contributed by atoms with Crippen LogP contribution in [0.25, 0.3) is 10.9 Å². The molecule has 2 heterocycles. The summed E-state index contributed by atoms with van der Waals surface area (Å²) >= 11 is 6.20. The predicted molar refractivity (Wildman–Crippen MR) is 112 cm³/mol. The van der Waals surface area contributed by atoms with E-state index in [1.807, 2.05) is 48.7 Å². The first kappa shape index (κ1) is 18.8. The molecule has 28 heavy (non-hydrogen) atoms. The lowest BCUT2D eigenvalue weighted by Gasteiger charge is -2.40. The maximum absolute atomic E-state index is 11.3. The second-order valence-corrected chi connectivity index (χ2v) is 7.55. The number of fused-ring (bicyclic) bond motifs is 1. The van der Waals surface area contributed by atoms with E-state index in [1.54, 1.807) is 14.2 Å². The van der Waals surface area contributed by atoms with Crippen molar-refractivity contribution in [3.63, 3.8) is 0 Å². The van der Waals surface area contributed by atoms with Gasteiger partial charge >= 0.3 is 0 Å². The zero-order chi connectivity index (χ0) is 19.7. The molecule has 1 saturated heterocycles. The number of pyridine rings is 1. The summed E-state index contributed by atoms with van der Waals surface area (Å²) in [6.07, 6.45) is 3.03. The molecule has 0 aliphatic carbocycles. The molecule has 0 saturated carbocycles. The Labute approximate surface area is 169 Å². The fourth-order valence-electron chi connectivity index (χ4n) is 3.86. The van der Waals surface area contributed by atoms with Crippen molar-refractivity contribution in [3.8, 4) is 11.5 Å². The topological polar surface area (TPSA) is 54.8 Å². The Morgan fingerprint density at radius 1 is 1.00 bits per heavy atom. The van der Waals surface area contributed by atoms with Crippen molar-refractivity contribution in [3.05, 3.63) is 59.2 Å². The van der Waals surface area contributed by atoms with Crippen LogP contribution in [0.5, 0.6) is 11.5 Å². The van der Waals surface area contributed by atoms with Gasteiger partial charge in [-0.15, -0.1) is 0 Å². The quantitative estimate of drug-likeness (QED) is 0.706. The smallest absolute Gasteiger partial charge is 0.122 e. The van der Waals surface area contributed by atoms with Gasteiger partial charge in [0.05, 0.1) is 25.3 Å². The second kappa shape index (κ2) is 7.49. The van der Waals surface area contributed by atoms with Crippen LogP contribution in [0.1, 0.15) is 18.4 Å². The number of methoxy groups -OCH3 is 2. The summed E-state index contributed by atoms with van der Waals surface area (Å²) in [6, 6.07) is 13.3. The average molecular weight is 399 g/mol. The van der Waals surface area contributed by atoms with Gasteiger partial charge in [0.25, 0.3) is 0 Å². The highest BCUT2D eigenvalue weighted by atomic mass is 35.5. The van der Waals surface area contributed by atoms with Gasteiger partial charge in [0, 0.05) is 41.4 Å². The average Bonchev–Trinajstić information content (AvgIpc) is 2.73. The Hall–Kier alpha value is -2.50. The van der Waals surface area contributed by atoms with E-state index >= 15 is 0 Å². The zero-order valence-corrected chi connectivity index (χ0v) is 16.7. The number of anilines is 1. The third kappa shape index (κ3) is 3.48. The van der Waals surface area contributed by atoms with E-state index in [0.717, 1.165) is 35.2 Å². The number of hydrogen-bond donors (Lipinski definition) is 1. The molecule has 0 spiro atoms.